The molecule has 3 aromatic rings. The highest BCUT2D eigenvalue weighted by Gasteiger charge is 2.26. The van der Waals surface area contributed by atoms with Crippen molar-refractivity contribution in [3.05, 3.63) is 77.0 Å². The third-order valence-electron chi connectivity index (χ3n) is 5.58. The largest absolute Gasteiger partial charge is 0.352 e. The van der Waals surface area contributed by atoms with Crippen LogP contribution in [-0.4, -0.2) is 42.0 Å². The zero-order valence-corrected chi connectivity index (χ0v) is 21.2. The van der Waals surface area contributed by atoms with Gasteiger partial charge in [-0.25, -0.2) is 9.78 Å². The second kappa shape index (κ2) is 11.0. The molecule has 0 atom stereocenters. The summed E-state index contributed by atoms with van der Waals surface area (Å²) >= 11 is 3.38. The van der Waals surface area contributed by atoms with Crippen molar-refractivity contribution in [3.8, 4) is 0 Å². The minimum Gasteiger partial charge on any atom is -0.352 e. The summed E-state index contributed by atoms with van der Waals surface area (Å²) in [6, 6.07) is 17.2. The Balaban J connectivity index is 1.38. The SMILES string of the molecule is CSc1ccc(CCNC(=O)c2cccc(NC(=O)N3CCSc4nc(C)cc(C)c43)c2)cc1. The summed E-state index contributed by atoms with van der Waals surface area (Å²) in [5.74, 6) is 0.630. The summed E-state index contributed by atoms with van der Waals surface area (Å²) in [4.78, 5) is 33.3. The Hall–Kier alpha value is -2.97. The molecule has 0 aliphatic carbocycles. The van der Waals surface area contributed by atoms with Crippen LogP contribution in [0.1, 0.15) is 27.2 Å². The first-order valence-corrected chi connectivity index (χ1v) is 13.4. The number of hydrogen-bond acceptors (Lipinski definition) is 5. The minimum absolute atomic E-state index is 0.160. The van der Waals surface area contributed by atoms with Crippen LogP contribution in [0.4, 0.5) is 16.2 Å². The number of nitrogens with zero attached hydrogens (tertiary/aromatic N) is 2. The molecule has 1 aliphatic rings. The number of urea groups is 1. The summed E-state index contributed by atoms with van der Waals surface area (Å²) in [5.41, 5.74) is 5.11. The molecule has 0 spiro atoms. The summed E-state index contributed by atoms with van der Waals surface area (Å²) in [6.45, 7) is 5.11. The van der Waals surface area contributed by atoms with Crippen LogP contribution in [0.3, 0.4) is 0 Å². The Labute approximate surface area is 208 Å². The van der Waals surface area contributed by atoms with Gasteiger partial charge in [-0.05, 0) is 74.0 Å². The molecule has 4 rings (SSSR count). The highest BCUT2D eigenvalue weighted by molar-refractivity contribution is 7.99. The zero-order valence-electron chi connectivity index (χ0n) is 19.6. The third kappa shape index (κ3) is 5.74. The number of carbonyl (C=O) groups excluding carboxylic acids is 2. The maximum atomic E-state index is 13.1. The second-order valence-electron chi connectivity index (χ2n) is 8.10. The molecular weight excluding hydrogens is 464 g/mol. The molecule has 0 saturated carbocycles. The van der Waals surface area contributed by atoms with E-state index in [0.29, 0.717) is 24.3 Å². The molecule has 0 radical (unpaired) electrons. The van der Waals surface area contributed by atoms with Crippen molar-refractivity contribution in [2.45, 2.75) is 30.2 Å². The maximum absolute atomic E-state index is 13.1. The first kappa shape index (κ1) is 24.2. The number of aryl methyl sites for hydroxylation is 2. The van der Waals surface area contributed by atoms with Crippen molar-refractivity contribution in [2.75, 3.05) is 35.3 Å². The fraction of sp³-hybridized carbons (Fsp3) is 0.269. The number of carbonyl (C=O) groups is 2. The van der Waals surface area contributed by atoms with Crippen molar-refractivity contribution >= 4 is 46.8 Å². The molecule has 0 saturated heterocycles. The fourth-order valence-corrected chi connectivity index (χ4v) is 5.41. The molecule has 2 N–H and O–H groups in total. The second-order valence-corrected chi connectivity index (χ2v) is 10.1. The quantitative estimate of drug-likeness (QED) is 0.442. The lowest BCUT2D eigenvalue weighted by atomic mass is 10.1. The molecule has 0 unspecified atom stereocenters. The van der Waals surface area contributed by atoms with Gasteiger partial charge < -0.3 is 10.6 Å². The standard InChI is InChI=1S/C26H28N4O2S2/c1-17-15-18(2)28-25-23(17)30(13-14-34-25)26(32)29-21-6-4-5-20(16-21)24(31)27-12-11-19-7-9-22(33-3)10-8-19/h4-10,15-16H,11-14H2,1-3H3,(H,27,31)(H,29,32). The summed E-state index contributed by atoms with van der Waals surface area (Å²) in [6.07, 6.45) is 2.81. The van der Waals surface area contributed by atoms with Gasteiger partial charge in [-0.15, -0.1) is 23.5 Å². The number of anilines is 2. The van der Waals surface area contributed by atoms with Crippen LogP contribution in [0.5, 0.6) is 0 Å². The van der Waals surface area contributed by atoms with Crippen molar-refractivity contribution in [1.29, 1.82) is 0 Å². The van der Waals surface area contributed by atoms with E-state index in [-0.39, 0.29) is 11.9 Å². The number of aromatic nitrogens is 1. The molecule has 0 fully saturated rings. The van der Waals surface area contributed by atoms with E-state index in [9.17, 15) is 9.59 Å². The molecule has 2 heterocycles. The number of amides is 3. The van der Waals surface area contributed by atoms with E-state index < -0.39 is 0 Å². The number of nitrogens with one attached hydrogen (secondary N) is 2. The lowest BCUT2D eigenvalue weighted by Crippen LogP contribution is -2.39. The van der Waals surface area contributed by atoms with Gasteiger partial charge in [0.15, 0.2) is 0 Å². The number of hydrogen-bond donors (Lipinski definition) is 2. The van der Waals surface area contributed by atoms with Crippen LogP contribution in [0.15, 0.2) is 64.5 Å². The Morgan fingerprint density at radius 1 is 1.12 bits per heavy atom. The van der Waals surface area contributed by atoms with E-state index in [4.69, 9.17) is 0 Å². The van der Waals surface area contributed by atoms with Crippen LogP contribution < -0.4 is 15.5 Å². The van der Waals surface area contributed by atoms with Crippen LogP contribution in [0.2, 0.25) is 0 Å². The van der Waals surface area contributed by atoms with E-state index in [0.717, 1.165) is 34.1 Å². The average Bonchev–Trinajstić information content (AvgIpc) is 2.84. The van der Waals surface area contributed by atoms with E-state index >= 15 is 0 Å². The Kier molecular flexibility index (Phi) is 7.80. The minimum atomic E-state index is -0.221. The molecule has 0 bridgehead atoms. The molecule has 2 aromatic carbocycles. The van der Waals surface area contributed by atoms with Crippen molar-refractivity contribution in [1.82, 2.24) is 10.3 Å². The van der Waals surface area contributed by atoms with Crippen LogP contribution >= 0.6 is 23.5 Å². The molecule has 176 valence electrons. The Morgan fingerprint density at radius 3 is 2.68 bits per heavy atom. The third-order valence-corrected chi connectivity index (χ3v) is 7.27. The van der Waals surface area contributed by atoms with Crippen molar-refractivity contribution < 1.29 is 9.59 Å². The van der Waals surface area contributed by atoms with Gasteiger partial charge in [-0.2, -0.15) is 0 Å². The summed E-state index contributed by atoms with van der Waals surface area (Å²) in [5, 5.41) is 6.80. The lowest BCUT2D eigenvalue weighted by Gasteiger charge is -2.30. The molecule has 6 nitrogen and oxygen atoms in total. The van der Waals surface area contributed by atoms with Gasteiger partial charge in [-0.3, -0.25) is 9.69 Å². The molecule has 8 heteroatoms. The molecule has 34 heavy (non-hydrogen) atoms. The van der Waals surface area contributed by atoms with E-state index in [1.54, 1.807) is 52.7 Å². The van der Waals surface area contributed by atoms with Crippen LogP contribution in [0.25, 0.3) is 0 Å². The van der Waals surface area contributed by atoms with Crippen molar-refractivity contribution in [3.63, 3.8) is 0 Å². The topological polar surface area (TPSA) is 74.3 Å². The van der Waals surface area contributed by atoms with Crippen LogP contribution in [-0.2, 0) is 6.42 Å². The highest BCUT2D eigenvalue weighted by Crippen LogP contribution is 2.36. The maximum Gasteiger partial charge on any atom is 0.326 e. The van der Waals surface area contributed by atoms with Gasteiger partial charge in [0.05, 0.1) is 5.69 Å². The molecule has 1 aromatic heterocycles. The first-order valence-electron chi connectivity index (χ1n) is 11.2. The summed E-state index contributed by atoms with van der Waals surface area (Å²) < 4.78 is 0. The van der Waals surface area contributed by atoms with Crippen molar-refractivity contribution in [2.24, 2.45) is 0 Å². The monoisotopic (exact) mass is 492 g/mol. The average molecular weight is 493 g/mol. The van der Waals surface area contributed by atoms with Gasteiger partial charge in [0, 0.05) is 40.7 Å². The number of benzene rings is 2. The number of rotatable bonds is 6. The van der Waals surface area contributed by atoms with Gasteiger partial charge in [0.25, 0.3) is 5.91 Å². The number of thioether (sulfide) groups is 2. The Morgan fingerprint density at radius 2 is 1.91 bits per heavy atom. The van der Waals surface area contributed by atoms with Gasteiger partial charge >= 0.3 is 6.03 Å². The highest BCUT2D eigenvalue weighted by atomic mass is 32.2. The molecule has 3 amide bonds. The molecule has 1 aliphatic heterocycles. The van der Waals surface area contributed by atoms with Crippen LogP contribution in [0, 0.1) is 13.8 Å². The van der Waals surface area contributed by atoms with Gasteiger partial charge in [0.1, 0.15) is 5.03 Å². The number of pyridine rings is 1. The van der Waals surface area contributed by atoms with E-state index in [1.165, 1.54) is 10.5 Å². The molecular formula is C26H28N4O2S2. The van der Waals surface area contributed by atoms with Gasteiger partial charge in [0.2, 0.25) is 0 Å². The van der Waals surface area contributed by atoms with E-state index in [1.807, 2.05) is 19.9 Å². The normalized spacial score (nSPS) is 12.7. The zero-order chi connectivity index (χ0) is 24.1. The summed E-state index contributed by atoms with van der Waals surface area (Å²) in [7, 11) is 0. The predicted molar refractivity (Wildman–Crippen MR) is 142 cm³/mol. The predicted octanol–water partition coefficient (Wildman–Crippen LogP) is 5.54. The number of fused-ring (bicyclic) bond motifs is 1. The van der Waals surface area contributed by atoms with Gasteiger partial charge in [-0.1, -0.05) is 18.2 Å². The lowest BCUT2D eigenvalue weighted by molar-refractivity contribution is 0.0954. The Bertz CT molecular complexity index is 1200. The smallest absolute Gasteiger partial charge is 0.326 e. The fourth-order valence-electron chi connectivity index (χ4n) is 3.92. The van der Waals surface area contributed by atoms with E-state index in [2.05, 4.69) is 46.1 Å². The first-order chi connectivity index (χ1) is 16.4.